The molecule has 1 aromatic carbocycles. The van der Waals surface area contributed by atoms with Crippen LogP contribution < -0.4 is 5.48 Å². The molecule has 0 aliphatic rings. The van der Waals surface area contributed by atoms with Crippen LogP contribution in [0.4, 0.5) is 0 Å². The first-order chi connectivity index (χ1) is 11.1. The average Bonchev–Trinajstić information content (AvgIpc) is 2.59. The molecule has 0 spiro atoms. The van der Waals surface area contributed by atoms with Crippen molar-refractivity contribution in [2.75, 3.05) is 0 Å². The van der Waals surface area contributed by atoms with Crippen molar-refractivity contribution in [1.29, 1.82) is 0 Å². The summed E-state index contributed by atoms with van der Waals surface area (Å²) >= 11 is 0. The third-order valence-corrected chi connectivity index (χ3v) is 3.87. The molecule has 128 valence electrons. The molecule has 5 heteroatoms. The minimum atomic E-state index is -0.366. The minimum Gasteiger partial charge on any atom is -0.461 e. The number of hydrogen-bond donors (Lipinski definition) is 1. The molecule has 0 aromatic heterocycles. The Labute approximate surface area is 138 Å². The van der Waals surface area contributed by atoms with E-state index in [1.165, 1.54) is 0 Å². The molecule has 0 saturated heterocycles. The monoisotopic (exact) mass is 321 g/mol. The molecular weight excluding hydrogens is 294 g/mol. The normalized spacial score (nSPS) is 14.7. The van der Waals surface area contributed by atoms with Crippen LogP contribution in [0.5, 0.6) is 0 Å². The van der Waals surface area contributed by atoms with Gasteiger partial charge in [0, 0.05) is 0 Å². The van der Waals surface area contributed by atoms with E-state index < -0.39 is 0 Å². The number of nitrogens with one attached hydrogen (secondary N) is 1. The van der Waals surface area contributed by atoms with Gasteiger partial charge in [-0.25, -0.2) is 0 Å². The second-order valence-corrected chi connectivity index (χ2v) is 5.66. The van der Waals surface area contributed by atoms with Gasteiger partial charge < -0.3 is 9.53 Å². The van der Waals surface area contributed by atoms with Gasteiger partial charge in [0.2, 0.25) is 0 Å². The molecule has 0 amide bonds. The fraction of sp³-hybridized carbons (Fsp3) is 0.556. The Bertz CT molecular complexity index is 463. The Morgan fingerprint density at radius 1 is 1.22 bits per heavy atom. The Hall–Kier alpha value is -1.72. The van der Waals surface area contributed by atoms with Crippen LogP contribution in [0.25, 0.3) is 0 Å². The lowest BCUT2D eigenvalue weighted by Gasteiger charge is -2.22. The maximum absolute atomic E-state index is 11.9. The first-order valence-electron chi connectivity index (χ1n) is 8.16. The first kappa shape index (κ1) is 19.3. The molecule has 0 heterocycles. The van der Waals surface area contributed by atoms with Crippen LogP contribution in [-0.2, 0) is 25.8 Å². The van der Waals surface area contributed by atoms with Gasteiger partial charge in [0.25, 0.3) is 0 Å². The van der Waals surface area contributed by atoms with Crippen LogP contribution in [0.2, 0.25) is 0 Å². The van der Waals surface area contributed by atoms with Gasteiger partial charge in [-0.1, -0.05) is 57.5 Å². The number of carbonyl (C=O) groups excluding carboxylic acids is 2. The van der Waals surface area contributed by atoms with Crippen molar-refractivity contribution >= 4 is 12.3 Å². The van der Waals surface area contributed by atoms with Crippen LogP contribution in [0, 0.1) is 5.92 Å². The molecule has 1 unspecified atom stereocenters. The lowest BCUT2D eigenvalue weighted by Crippen LogP contribution is -2.39. The van der Waals surface area contributed by atoms with E-state index in [2.05, 4.69) is 5.48 Å². The summed E-state index contributed by atoms with van der Waals surface area (Å²) in [5.74, 6) is -0.135. The molecule has 0 aliphatic heterocycles. The number of esters is 1. The highest BCUT2D eigenvalue weighted by Gasteiger charge is 2.19. The Morgan fingerprint density at radius 3 is 2.48 bits per heavy atom. The number of hydrogen-bond acceptors (Lipinski definition) is 5. The smallest absolute Gasteiger partial charge is 0.308 e. The minimum absolute atomic E-state index is 0.155. The van der Waals surface area contributed by atoms with Crippen LogP contribution in [0.1, 0.15) is 45.6 Å². The lowest BCUT2D eigenvalue weighted by molar-refractivity contribution is -0.151. The van der Waals surface area contributed by atoms with Gasteiger partial charge in [-0.15, -0.1) is 0 Å². The van der Waals surface area contributed by atoms with E-state index in [1.807, 2.05) is 51.1 Å². The fourth-order valence-electron chi connectivity index (χ4n) is 1.96. The summed E-state index contributed by atoms with van der Waals surface area (Å²) < 4.78 is 5.25. The molecule has 23 heavy (non-hydrogen) atoms. The van der Waals surface area contributed by atoms with Gasteiger partial charge in [-0.05, 0) is 17.9 Å². The van der Waals surface area contributed by atoms with Gasteiger partial charge >= 0.3 is 5.97 Å². The molecule has 3 atom stereocenters. The van der Waals surface area contributed by atoms with E-state index in [1.54, 1.807) is 0 Å². The second kappa shape index (κ2) is 10.9. The number of benzene rings is 1. The van der Waals surface area contributed by atoms with Gasteiger partial charge in [-0.3, -0.25) is 9.63 Å². The van der Waals surface area contributed by atoms with E-state index in [9.17, 15) is 9.59 Å². The number of carbonyl (C=O) groups is 2. The van der Waals surface area contributed by atoms with Crippen molar-refractivity contribution in [2.24, 2.45) is 5.92 Å². The van der Waals surface area contributed by atoms with Crippen molar-refractivity contribution in [3.05, 3.63) is 35.9 Å². The molecule has 1 rings (SSSR count). The zero-order chi connectivity index (χ0) is 17.1. The maximum atomic E-state index is 11.9. The lowest BCUT2D eigenvalue weighted by atomic mass is 10.0. The Morgan fingerprint density at radius 2 is 1.91 bits per heavy atom. The molecule has 0 bridgehead atoms. The van der Waals surface area contributed by atoms with Crippen LogP contribution in [0.15, 0.2) is 30.3 Å². The molecule has 5 nitrogen and oxygen atoms in total. The summed E-state index contributed by atoms with van der Waals surface area (Å²) in [4.78, 5) is 28.5. The predicted molar refractivity (Wildman–Crippen MR) is 88.5 cm³/mol. The van der Waals surface area contributed by atoms with Crippen LogP contribution in [0.3, 0.4) is 0 Å². The van der Waals surface area contributed by atoms with E-state index in [-0.39, 0.29) is 37.1 Å². The summed E-state index contributed by atoms with van der Waals surface area (Å²) in [5, 5.41) is 0. The molecular formula is C18H27NO4. The number of rotatable bonds is 11. The number of ether oxygens (including phenoxy) is 1. The molecule has 1 N–H and O–H groups in total. The van der Waals surface area contributed by atoms with Crippen molar-refractivity contribution in [2.45, 2.75) is 58.8 Å². The van der Waals surface area contributed by atoms with E-state index in [0.29, 0.717) is 6.42 Å². The summed E-state index contributed by atoms with van der Waals surface area (Å²) in [6.45, 7) is 6.18. The zero-order valence-corrected chi connectivity index (χ0v) is 14.2. The average molecular weight is 321 g/mol. The highest BCUT2D eigenvalue weighted by molar-refractivity contribution is 5.70. The van der Waals surface area contributed by atoms with E-state index in [4.69, 9.17) is 9.57 Å². The zero-order valence-electron chi connectivity index (χ0n) is 14.2. The van der Waals surface area contributed by atoms with Crippen LogP contribution >= 0.6 is 0 Å². The summed E-state index contributed by atoms with van der Waals surface area (Å²) in [5.41, 5.74) is 3.72. The third-order valence-electron chi connectivity index (χ3n) is 3.87. The Balaban J connectivity index is 2.36. The first-order valence-corrected chi connectivity index (χ1v) is 8.16. The summed E-state index contributed by atoms with van der Waals surface area (Å²) in [6.07, 6.45) is 2.21. The molecule has 0 fully saturated rings. The molecule has 1 aromatic rings. The van der Waals surface area contributed by atoms with Crippen LogP contribution in [-0.4, -0.2) is 24.4 Å². The molecule has 0 radical (unpaired) electrons. The van der Waals surface area contributed by atoms with E-state index in [0.717, 1.165) is 18.3 Å². The summed E-state index contributed by atoms with van der Waals surface area (Å²) in [7, 11) is 0. The summed E-state index contributed by atoms with van der Waals surface area (Å²) in [6, 6.07) is 9.17. The number of aldehydes is 1. The number of hydroxylamine groups is 1. The highest BCUT2D eigenvalue weighted by atomic mass is 16.7. The van der Waals surface area contributed by atoms with Gasteiger partial charge in [0.05, 0.1) is 18.6 Å². The highest BCUT2D eigenvalue weighted by Crippen LogP contribution is 2.10. The molecule has 0 saturated carbocycles. The molecule has 0 aliphatic carbocycles. The quantitative estimate of drug-likeness (QED) is 0.385. The predicted octanol–water partition coefficient (Wildman–Crippen LogP) is 3.03. The fourth-order valence-corrected chi connectivity index (χ4v) is 1.96. The standard InChI is InChI=1S/C18H27NO4/c1-4-14(3)17(12-20)19-23-16(5-2)11-18(21)22-13-15-9-7-6-8-10-15/h6-10,12,14,16-17,19H,4-5,11,13H2,1-3H3/t14-,16?,17+/m1/s1. The third kappa shape index (κ3) is 7.39. The van der Waals surface area contributed by atoms with E-state index >= 15 is 0 Å². The topological polar surface area (TPSA) is 64.6 Å². The second-order valence-electron chi connectivity index (χ2n) is 5.66. The van der Waals surface area contributed by atoms with Gasteiger partial charge in [-0.2, -0.15) is 5.48 Å². The maximum Gasteiger partial charge on any atom is 0.308 e. The van der Waals surface area contributed by atoms with Crippen molar-refractivity contribution in [3.63, 3.8) is 0 Å². The Kier molecular flexibility index (Phi) is 9.17. The SMILES string of the molecule is CCC(CC(=O)OCc1ccccc1)ON[C@@H](C=O)[C@H](C)CC. The van der Waals surface area contributed by atoms with Gasteiger partial charge in [0.15, 0.2) is 0 Å². The van der Waals surface area contributed by atoms with Crippen molar-refractivity contribution in [1.82, 2.24) is 5.48 Å². The van der Waals surface area contributed by atoms with Gasteiger partial charge in [0.1, 0.15) is 12.9 Å². The van der Waals surface area contributed by atoms with Crippen molar-refractivity contribution < 1.29 is 19.2 Å². The largest absolute Gasteiger partial charge is 0.461 e. The van der Waals surface area contributed by atoms with Crippen molar-refractivity contribution in [3.8, 4) is 0 Å².